The van der Waals surface area contributed by atoms with Crippen molar-refractivity contribution in [2.45, 2.75) is 25.7 Å². The monoisotopic (exact) mass is 419 g/mol. The van der Waals surface area contributed by atoms with Gasteiger partial charge in [0.15, 0.2) is 11.6 Å². The van der Waals surface area contributed by atoms with E-state index in [2.05, 4.69) is 5.32 Å². The zero-order valence-corrected chi connectivity index (χ0v) is 17.1. The van der Waals surface area contributed by atoms with Crippen LogP contribution in [0.15, 0.2) is 52.6 Å². The van der Waals surface area contributed by atoms with Gasteiger partial charge >= 0.3 is 0 Å². The SMILES string of the molecule is COc1ccc([C@H]2C3=CC[C@@H]4C(=O)NC(=O)[C@@H]4[C@@H]3CC3=C2C(=O)C(C)=CC3=O)c(O)c1. The number of hydrogen-bond acceptors (Lipinski definition) is 6. The predicted molar refractivity (Wildman–Crippen MR) is 109 cm³/mol. The van der Waals surface area contributed by atoms with Crippen molar-refractivity contribution in [2.75, 3.05) is 7.11 Å². The maximum atomic E-state index is 13.2. The maximum Gasteiger partial charge on any atom is 0.231 e. The number of fused-ring (bicyclic) bond motifs is 3. The molecule has 0 saturated carbocycles. The number of carbonyl (C=O) groups is 4. The van der Waals surface area contributed by atoms with E-state index in [1.807, 2.05) is 6.08 Å². The number of rotatable bonds is 2. The van der Waals surface area contributed by atoms with E-state index in [0.717, 1.165) is 5.57 Å². The second-order valence-corrected chi connectivity index (χ2v) is 8.51. The van der Waals surface area contributed by atoms with E-state index in [-0.39, 0.29) is 41.5 Å². The van der Waals surface area contributed by atoms with Gasteiger partial charge in [0.05, 0.1) is 18.9 Å². The molecule has 0 bridgehead atoms. The molecule has 0 unspecified atom stereocenters. The summed E-state index contributed by atoms with van der Waals surface area (Å²) in [4.78, 5) is 51.0. The average Bonchev–Trinajstić information content (AvgIpc) is 3.04. The first-order valence-corrected chi connectivity index (χ1v) is 10.2. The maximum absolute atomic E-state index is 13.2. The first kappa shape index (κ1) is 19.5. The standard InChI is InChI=1S/C24H21NO6/c1-10-7-17(26)16-9-15-12(5-6-14-20(15)24(30)25-23(14)29)19(21(16)22(10)28)13-4-3-11(31-2)8-18(13)27/h3-5,7-8,14-15,19-20,27H,6,9H2,1-2H3,(H,25,29,30)/t14-,15+,19+,20-/m0/s1. The van der Waals surface area contributed by atoms with Crippen LogP contribution in [-0.4, -0.2) is 35.6 Å². The summed E-state index contributed by atoms with van der Waals surface area (Å²) in [6.45, 7) is 1.61. The van der Waals surface area contributed by atoms with Crippen LogP contribution in [0, 0.1) is 17.8 Å². The Bertz CT molecular complexity index is 1170. The average molecular weight is 419 g/mol. The third-order valence-electron chi connectivity index (χ3n) is 6.96. The number of allylic oxidation sites excluding steroid dienone is 6. The molecule has 3 aliphatic carbocycles. The Morgan fingerprint density at radius 3 is 2.58 bits per heavy atom. The van der Waals surface area contributed by atoms with E-state index in [9.17, 15) is 24.3 Å². The highest BCUT2D eigenvalue weighted by Gasteiger charge is 2.53. The van der Waals surface area contributed by atoms with E-state index >= 15 is 0 Å². The summed E-state index contributed by atoms with van der Waals surface area (Å²) in [7, 11) is 1.49. The van der Waals surface area contributed by atoms with Crippen LogP contribution in [0.25, 0.3) is 0 Å². The molecule has 1 saturated heterocycles. The lowest BCUT2D eigenvalue weighted by atomic mass is 9.59. The van der Waals surface area contributed by atoms with E-state index in [4.69, 9.17) is 4.74 Å². The zero-order valence-electron chi connectivity index (χ0n) is 17.1. The molecule has 5 rings (SSSR count). The number of aromatic hydroxyl groups is 1. The molecule has 1 aromatic carbocycles. The summed E-state index contributed by atoms with van der Waals surface area (Å²) < 4.78 is 5.18. The lowest BCUT2D eigenvalue weighted by molar-refractivity contribution is -0.126. The summed E-state index contributed by atoms with van der Waals surface area (Å²) >= 11 is 0. The molecule has 7 nitrogen and oxygen atoms in total. The topological polar surface area (TPSA) is 110 Å². The minimum Gasteiger partial charge on any atom is -0.507 e. The van der Waals surface area contributed by atoms with E-state index < -0.39 is 17.8 Å². The second kappa shape index (κ2) is 6.77. The molecule has 7 heteroatoms. The van der Waals surface area contributed by atoms with Crippen LogP contribution >= 0.6 is 0 Å². The van der Waals surface area contributed by atoms with Crippen LogP contribution in [-0.2, 0) is 19.2 Å². The van der Waals surface area contributed by atoms with Gasteiger partial charge in [-0.3, -0.25) is 24.5 Å². The van der Waals surface area contributed by atoms with Gasteiger partial charge in [-0.2, -0.15) is 0 Å². The largest absolute Gasteiger partial charge is 0.507 e. The van der Waals surface area contributed by atoms with Crippen molar-refractivity contribution >= 4 is 23.4 Å². The molecule has 1 heterocycles. The fraction of sp³-hybridized carbons (Fsp3) is 0.333. The van der Waals surface area contributed by atoms with E-state index in [0.29, 0.717) is 34.5 Å². The predicted octanol–water partition coefficient (Wildman–Crippen LogP) is 2.12. The van der Waals surface area contributed by atoms with Crippen LogP contribution in [0.4, 0.5) is 0 Å². The molecule has 4 aliphatic rings. The number of ether oxygens (including phenoxy) is 1. The van der Waals surface area contributed by atoms with Crippen LogP contribution in [0.2, 0.25) is 0 Å². The molecular weight excluding hydrogens is 398 g/mol. The van der Waals surface area contributed by atoms with Crippen LogP contribution < -0.4 is 10.1 Å². The minimum absolute atomic E-state index is 0.0562. The Hall–Kier alpha value is -3.48. The fourth-order valence-corrected chi connectivity index (χ4v) is 5.52. The molecule has 0 radical (unpaired) electrons. The quantitative estimate of drug-likeness (QED) is 0.432. The first-order chi connectivity index (χ1) is 14.8. The summed E-state index contributed by atoms with van der Waals surface area (Å²) in [6.07, 6.45) is 3.85. The lowest BCUT2D eigenvalue weighted by Gasteiger charge is -2.42. The molecule has 1 aromatic rings. The van der Waals surface area contributed by atoms with Crippen molar-refractivity contribution in [3.63, 3.8) is 0 Å². The number of phenolic OH excluding ortho intramolecular Hbond substituents is 1. The number of amides is 2. The van der Waals surface area contributed by atoms with Crippen molar-refractivity contribution in [3.8, 4) is 11.5 Å². The number of ketones is 2. The lowest BCUT2D eigenvalue weighted by Crippen LogP contribution is -2.39. The number of imide groups is 1. The summed E-state index contributed by atoms with van der Waals surface area (Å²) in [5.74, 6) is -2.82. The van der Waals surface area contributed by atoms with Gasteiger partial charge in [0, 0.05) is 34.3 Å². The van der Waals surface area contributed by atoms with Crippen LogP contribution in [0.3, 0.4) is 0 Å². The number of Topliss-reactive ketones (excluding diaryl/α,β-unsaturated/α-hetero) is 1. The van der Waals surface area contributed by atoms with Gasteiger partial charge in [-0.1, -0.05) is 17.7 Å². The smallest absolute Gasteiger partial charge is 0.231 e. The van der Waals surface area contributed by atoms with Gasteiger partial charge in [0.1, 0.15) is 11.5 Å². The molecule has 158 valence electrons. The molecule has 0 spiro atoms. The third-order valence-corrected chi connectivity index (χ3v) is 6.96. The first-order valence-electron chi connectivity index (χ1n) is 10.2. The van der Waals surface area contributed by atoms with Gasteiger partial charge in [-0.05, 0) is 37.8 Å². The molecule has 2 amide bonds. The highest BCUT2D eigenvalue weighted by Crippen LogP contribution is 2.55. The number of phenols is 1. The van der Waals surface area contributed by atoms with Crippen LogP contribution in [0.5, 0.6) is 11.5 Å². The van der Waals surface area contributed by atoms with E-state index in [1.165, 1.54) is 19.3 Å². The molecule has 31 heavy (non-hydrogen) atoms. The Morgan fingerprint density at radius 1 is 1.10 bits per heavy atom. The zero-order chi connectivity index (χ0) is 22.0. The Morgan fingerprint density at radius 2 is 1.87 bits per heavy atom. The Balaban J connectivity index is 1.73. The number of benzene rings is 1. The number of nitrogens with one attached hydrogen (secondary N) is 1. The molecule has 0 aromatic heterocycles. The summed E-state index contributed by atoms with van der Waals surface area (Å²) in [5, 5.41) is 13.2. The summed E-state index contributed by atoms with van der Waals surface area (Å²) in [5.41, 5.74) is 2.36. The Kier molecular flexibility index (Phi) is 4.25. The van der Waals surface area contributed by atoms with Gasteiger partial charge < -0.3 is 9.84 Å². The van der Waals surface area contributed by atoms with Crippen molar-refractivity contribution < 1.29 is 29.0 Å². The van der Waals surface area contributed by atoms with Gasteiger partial charge in [-0.25, -0.2) is 0 Å². The molecule has 1 fully saturated rings. The minimum atomic E-state index is -0.663. The van der Waals surface area contributed by atoms with Crippen molar-refractivity contribution in [1.82, 2.24) is 5.32 Å². The molecule has 1 aliphatic heterocycles. The molecule has 2 N–H and O–H groups in total. The Labute approximate surface area is 178 Å². The van der Waals surface area contributed by atoms with Crippen molar-refractivity contribution in [2.24, 2.45) is 17.8 Å². The highest BCUT2D eigenvalue weighted by atomic mass is 16.5. The van der Waals surface area contributed by atoms with Crippen LogP contribution in [0.1, 0.15) is 31.2 Å². The van der Waals surface area contributed by atoms with Gasteiger partial charge in [0.25, 0.3) is 0 Å². The van der Waals surface area contributed by atoms with Crippen molar-refractivity contribution in [3.05, 3.63) is 58.2 Å². The van der Waals surface area contributed by atoms with Gasteiger partial charge in [0.2, 0.25) is 11.8 Å². The summed E-state index contributed by atoms with van der Waals surface area (Å²) in [6, 6.07) is 4.84. The second-order valence-electron chi connectivity index (χ2n) is 8.51. The van der Waals surface area contributed by atoms with E-state index in [1.54, 1.807) is 19.1 Å². The molecular formula is C24H21NO6. The fourth-order valence-electron chi connectivity index (χ4n) is 5.52. The molecule has 4 atom stereocenters. The number of methoxy groups -OCH3 is 1. The highest BCUT2D eigenvalue weighted by molar-refractivity contribution is 6.23. The normalized spacial score (nSPS) is 29.6. The van der Waals surface area contributed by atoms with Gasteiger partial charge in [-0.15, -0.1) is 0 Å². The number of carbonyl (C=O) groups excluding carboxylic acids is 4. The third kappa shape index (κ3) is 2.72. The van der Waals surface area contributed by atoms with Crippen molar-refractivity contribution in [1.29, 1.82) is 0 Å². The number of hydrogen-bond donors (Lipinski definition) is 2.